The number of nitrogens with zero attached hydrogens (tertiary/aromatic N) is 3. The molecule has 2 bridgehead atoms. The summed E-state index contributed by atoms with van der Waals surface area (Å²) in [6.07, 6.45) is 4.17. The van der Waals surface area contributed by atoms with Crippen LogP contribution < -0.4 is 5.32 Å². The summed E-state index contributed by atoms with van der Waals surface area (Å²) in [6, 6.07) is 2.68. The second-order valence-corrected chi connectivity index (χ2v) is 6.23. The van der Waals surface area contributed by atoms with Crippen LogP contribution in [-0.2, 0) is 6.42 Å². The van der Waals surface area contributed by atoms with Gasteiger partial charge in [0, 0.05) is 30.3 Å². The maximum absolute atomic E-state index is 13.8. The molecule has 1 N–H and O–H groups in total. The summed E-state index contributed by atoms with van der Waals surface area (Å²) >= 11 is 0. The highest BCUT2D eigenvalue weighted by Gasteiger charge is 2.43. The lowest BCUT2D eigenvalue weighted by Crippen LogP contribution is -2.44. The van der Waals surface area contributed by atoms with Gasteiger partial charge in [-0.15, -0.1) is 0 Å². The SMILES string of the molecule is Cc1ncc2c(n1)C[C@@H]1CC[C@H]2N1C(=O)Nc1ccc(F)cc1F. The van der Waals surface area contributed by atoms with E-state index in [1.807, 2.05) is 6.92 Å². The van der Waals surface area contributed by atoms with Crippen molar-refractivity contribution in [1.82, 2.24) is 14.9 Å². The van der Waals surface area contributed by atoms with Crippen molar-refractivity contribution in [3.05, 3.63) is 53.1 Å². The van der Waals surface area contributed by atoms with Gasteiger partial charge in [0.1, 0.15) is 17.5 Å². The lowest BCUT2D eigenvalue weighted by atomic mass is 9.99. The Bertz CT molecular complexity index is 826. The molecule has 2 amide bonds. The Kier molecular flexibility index (Phi) is 3.44. The fraction of sp³-hybridized carbons (Fsp3) is 0.353. The number of anilines is 1. The molecule has 1 saturated heterocycles. The Hall–Kier alpha value is -2.57. The number of carbonyl (C=O) groups excluding carboxylic acids is 1. The fourth-order valence-corrected chi connectivity index (χ4v) is 3.66. The first-order valence-electron chi connectivity index (χ1n) is 7.89. The average Bonchev–Trinajstić information content (AvgIpc) is 2.85. The van der Waals surface area contributed by atoms with Gasteiger partial charge in [-0.3, -0.25) is 0 Å². The number of carbonyl (C=O) groups is 1. The molecule has 0 unspecified atom stereocenters. The Morgan fingerprint density at radius 2 is 2.17 bits per heavy atom. The maximum atomic E-state index is 13.8. The van der Waals surface area contributed by atoms with Crippen LogP contribution in [0, 0.1) is 18.6 Å². The summed E-state index contributed by atoms with van der Waals surface area (Å²) < 4.78 is 26.8. The van der Waals surface area contributed by atoms with Gasteiger partial charge in [0.2, 0.25) is 0 Å². The third-order valence-corrected chi connectivity index (χ3v) is 4.72. The maximum Gasteiger partial charge on any atom is 0.322 e. The van der Waals surface area contributed by atoms with Crippen molar-refractivity contribution < 1.29 is 13.6 Å². The molecule has 2 aliphatic rings. The lowest BCUT2D eigenvalue weighted by Gasteiger charge is -2.35. The van der Waals surface area contributed by atoms with E-state index in [0.717, 1.165) is 42.1 Å². The summed E-state index contributed by atoms with van der Waals surface area (Å²) in [5, 5.41) is 2.55. The Labute approximate surface area is 137 Å². The van der Waals surface area contributed by atoms with Crippen LogP contribution in [0.2, 0.25) is 0 Å². The number of fused-ring (bicyclic) bond motifs is 4. The van der Waals surface area contributed by atoms with Gasteiger partial charge in [-0.2, -0.15) is 0 Å². The standard InChI is InChI=1S/C17H16F2N4O/c1-9-20-8-12-15(21-9)7-11-3-5-16(12)23(11)17(24)22-14-4-2-10(18)6-13(14)19/h2,4,6,8,11,16H,3,5,7H2,1H3,(H,22,24)/t11-,16+/m0/s1. The molecule has 7 heteroatoms. The lowest BCUT2D eigenvalue weighted by molar-refractivity contribution is 0.178. The Morgan fingerprint density at radius 3 is 2.96 bits per heavy atom. The summed E-state index contributed by atoms with van der Waals surface area (Å²) in [4.78, 5) is 23.1. The van der Waals surface area contributed by atoms with Crippen LogP contribution in [0.25, 0.3) is 0 Å². The number of rotatable bonds is 1. The molecule has 1 fully saturated rings. The number of benzene rings is 1. The molecule has 0 spiro atoms. The molecule has 5 nitrogen and oxygen atoms in total. The van der Waals surface area contributed by atoms with Crippen molar-refractivity contribution in [2.24, 2.45) is 0 Å². The first-order valence-corrected chi connectivity index (χ1v) is 7.89. The number of amides is 2. The second kappa shape index (κ2) is 5.51. The van der Waals surface area contributed by atoms with Crippen LogP contribution in [0.4, 0.5) is 19.3 Å². The summed E-state index contributed by atoms with van der Waals surface area (Å²) in [5.41, 5.74) is 1.93. The minimum atomic E-state index is -0.785. The topological polar surface area (TPSA) is 58.1 Å². The number of urea groups is 1. The smallest absolute Gasteiger partial charge is 0.314 e. The van der Waals surface area contributed by atoms with Crippen LogP contribution in [0.3, 0.4) is 0 Å². The third kappa shape index (κ3) is 2.40. The number of aromatic nitrogens is 2. The summed E-state index contributed by atoms with van der Waals surface area (Å²) in [7, 11) is 0. The van der Waals surface area contributed by atoms with E-state index in [9.17, 15) is 13.6 Å². The molecule has 2 aliphatic heterocycles. The van der Waals surface area contributed by atoms with Crippen molar-refractivity contribution in [2.75, 3.05) is 5.32 Å². The summed E-state index contributed by atoms with van der Waals surface area (Å²) in [5.74, 6) is -0.739. The summed E-state index contributed by atoms with van der Waals surface area (Å²) in [6.45, 7) is 1.85. The van der Waals surface area contributed by atoms with Gasteiger partial charge in [0.15, 0.2) is 0 Å². The molecule has 2 aromatic rings. The monoisotopic (exact) mass is 330 g/mol. The Balaban J connectivity index is 1.61. The molecule has 0 radical (unpaired) electrons. The van der Waals surface area contributed by atoms with Gasteiger partial charge < -0.3 is 10.2 Å². The predicted octanol–water partition coefficient (Wildman–Crippen LogP) is 3.36. The minimum absolute atomic E-state index is 0.0215. The van der Waals surface area contributed by atoms with Crippen molar-refractivity contribution in [1.29, 1.82) is 0 Å². The van der Waals surface area contributed by atoms with Crippen molar-refractivity contribution in [3.8, 4) is 0 Å². The van der Waals surface area contributed by atoms with Crippen LogP contribution in [0.5, 0.6) is 0 Å². The molecular weight excluding hydrogens is 314 g/mol. The predicted molar refractivity (Wildman–Crippen MR) is 83.5 cm³/mol. The molecule has 0 saturated carbocycles. The van der Waals surface area contributed by atoms with E-state index in [-0.39, 0.29) is 23.8 Å². The molecular formula is C17H16F2N4O. The highest BCUT2D eigenvalue weighted by Crippen LogP contribution is 2.43. The van der Waals surface area contributed by atoms with E-state index >= 15 is 0 Å². The number of aryl methyl sites for hydroxylation is 1. The average molecular weight is 330 g/mol. The van der Waals surface area contributed by atoms with Gasteiger partial charge >= 0.3 is 6.03 Å². The molecule has 0 aliphatic carbocycles. The number of nitrogens with one attached hydrogen (secondary N) is 1. The van der Waals surface area contributed by atoms with Crippen LogP contribution >= 0.6 is 0 Å². The largest absolute Gasteiger partial charge is 0.322 e. The highest BCUT2D eigenvalue weighted by atomic mass is 19.1. The minimum Gasteiger partial charge on any atom is -0.314 e. The van der Waals surface area contributed by atoms with Crippen LogP contribution in [0.1, 0.15) is 36.0 Å². The van der Waals surface area contributed by atoms with Gasteiger partial charge in [-0.1, -0.05) is 0 Å². The van der Waals surface area contributed by atoms with Gasteiger partial charge in [0.05, 0.1) is 17.4 Å². The number of hydrogen-bond acceptors (Lipinski definition) is 3. The van der Waals surface area contributed by atoms with Crippen molar-refractivity contribution in [3.63, 3.8) is 0 Å². The molecule has 124 valence electrons. The van der Waals surface area contributed by atoms with E-state index in [1.54, 1.807) is 11.1 Å². The number of hydrogen-bond donors (Lipinski definition) is 1. The Morgan fingerprint density at radius 1 is 1.33 bits per heavy atom. The molecule has 2 atom stereocenters. The molecule has 3 heterocycles. The van der Waals surface area contributed by atoms with Crippen molar-refractivity contribution >= 4 is 11.7 Å². The second-order valence-electron chi connectivity index (χ2n) is 6.23. The van der Waals surface area contributed by atoms with E-state index < -0.39 is 11.6 Å². The van der Waals surface area contributed by atoms with Crippen LogP contribution in [-0.4, -0.2) is 26.9 Å². The molecule has 24 heavy (non-hydrogen) atoms. The van der Waals surface area contributed by atoms with Crippen molar-refractivity contribution in [2.45, 2.75) is 38.3 Å². The van der Waals surface area contributed by atoms with Crippen LogP contribution in [0.15, 0.2) is 24.4 Å². The van der Waals surface area contributed by atoms with E-state index in [4.69, 9.17) is 0 Å². The molecule has 4 rings (SSSR count). The quantitative estimate of drug-likeness (QED) is 0.872. The van der Waals surface area contributed by atoms with E-state index in [0.29, 0.717) is 6.42 Å². The van der Waals surface area contributed by atoms with Gasteiger partial charge in [-0.05, 0) is 31.9 Å². The van der Waals surface area contributed by atoms with Gasteiger partial charge in [-0.25, -0.2) is 23.5 Å². The zero-order chi connectivity index (χ0) is 16.8. The normalized spacial score (nSPS) is 21.5. The first-order chi connectivity index (χ1) is 11.5. The third-order valence-electron chi connectivity index (χ3n) is 4.72. The van der Waals surface area contributed by atoms with E-state index in [2.05, 4.69) is 15.3 Å². The zero-order valence-corrected chi connectivity index (χ0v) is 13.1. The molecule has 1 aromatic carbocycles. The van der Waals surface area contributed by atoms with Gasteiger partial charge in [0.25, 0.3) is 0 Å². The highest BCUT2D eigenvalue weighted by molar-refractivity contribution is 5.90. The number of halogens is 2. The molecule has 1 aromatic heterocycles. The zero-order valence-electron chi connectivity index (χ0n) is 13.1. The van der Waals surface area contributed by atoms with E-state index in [1.165, 1.54) is 6.07 Å². The fourth-order valence-electron chi connectivity index (χ4n) is 3.66. The first kappa shape index (κ1) is 15.0.